The SMILES string of the molecule is CCNCCC[Si](OC)(OC)OC.Nc1ccccc1. The normalized spacial score (nSPS) is 10.8. The average Bonchev–Trinajstić information content (AvgIpc) is 2.50. The maximum absolute atomic E-state index is 5.36. The first kappa shape index (κ1) is 19.1. The molecule has 3 N–H and O–H groups in total. The van der Waals surface area contributed by atoms with Crippen molar-refractivity contribution in [1.82, 2.24) is 5.32 Å². The molecule has 0 spiro atoms. The van der Waals surface area contributed by atoms with E-state index in [9.17, 15) is 0 Å². The molecule has 0 amide bonds. The minimum atomic E-state index is -2.31. The Morgan fingerprint density at radius 2 is 1.60 bits per heavy atom. The molecule has 0 aliphatic carbocycles. The largest absolute Gasteiger partial charge is 0.500 e. The van der Waals surface area contributed by atoms with Gasteiger partial charge in [0.1, 0.15) is 0 Å². The number of nitrogens with two attached hydrogens (primary N) is 1. The molecule has 0 aliphatic rings. The molecule has 6 heteroatoms. The van der Waals surface area contributed by atoms with E-state index in [4.69, 9.17) is 19.0 Å². The Labute approximate surface area is 123 Å². The van der Waals surface area contributed by atoms with E-state index in [1.54, 1.807) is 21.3 Å². The van der Waals surface area contributed by atoms with Crippen molar-refractivity contribution in [2.45, 2.75) is 19.4 Å². The lowest BCUT2D eigenvalue weighted by atomic mass is 10.3. The standard InChI is InChI=1S/C8H21NO3Si.C6H7N/c1-5-9-7-6-8-13(10-2,11-3)12-4;7-6-4-2-1-3-5-6/h9H,5-8H2,1-4H3;1-5H,7H2. The first-order valence-corrected chi connectivity index (χ1v) is 8.74. The zero-order chi connectivity index (χ0) is 15.3. The highest BCUT2D eigenvalue weighted by molar-refractivity contribution is 6.60. The van der Waals surface area contributed by atoms with Gasteiger partial charge in [-0.2, -0.15) is 0 Å². The molecule has 1 rings (SSSR count). The zero-order valence-corrected chi connectivity index (χ0v) is 14.0. The number of rotatable bonds is 8. The van der Waals surface area contributed by atoms with E-state index in [1.165, 1.54) is 0 Å². The van der Waals surface area contributed by atoms with E-state index in [-0.39, 0.29) is 0 Å². The molecule has 0 saturated carbocycles. The monoisotopic (exact) mass is 300 g/mol. The summed E-state index contributed by atoms with van der Waals surface area (Å²) in [7, 11) is 2.63. The summed E-state index contributed by atoms with van der Waals surface area (Å²) in [6.07, 6.45) is 1.02. The molecule has 20 heavy (non-hydrogen) atoms. The van der Waals surface area contributed by atoms with Crippen molar-refractivity contribution in [2.75, 3.05) is 40.2 Å². The molecule has 116 valence electrons. The van der Waals surface area contributed by atoms with Gasteiger partial charge >= 0.3 is 8.80 Å². The fourth-order valence-corrected chi connectivity index (χ4v) is 3.34. The van der Waals surface area contributed by atoms with E-state index in [0.29, 0.717) is 0 Å². The zero-order valence-electron chi connectivity index (χ0n) is 13.0. The molecule has 0 radical (unpaired) electrons. The Morgan fingerprint density at radius 3 is 1.95 bits per heavy atom. The van der Waals surface area contributed by atoms with Crippen molar-refractivity contribution in [2.24, 2.45) is 0 Å². The quantitative estimate of drug-likeness (QED) is 0.437. The number of nitrogens with one attached hydrogen (secondary N) is 1. The summed E-state index contributed by atoms with van der Waals surface area (Å²) in [4.78, 5) is 0. The van der Waals surface area contributed by atoms with E-state index >= 15 is 0 Å². The first-order chi connectivity index (χ1) is 9.64. The molecule has 0 aromatic heterocycles. The highest BCUT2D eigenvalue weighted by Gasteiger charge is 2.36. The Kier molecular flexibility index (Phi) is 11.3. The van der Waals surface area contributed by atoms with Gasteiger partial charge in [-0.15, -0.1) is 0 Å². The van der Waals surface area contributed by atoms with Crippen LogP contribution in [0.1, 0.15) is 13.3 Å². The van der Waals surface area contributed by atoms with E-state index in [2.05, 4.69) is 12.2 Å². The van der Waals surface area contributed by atoms with Gasteiger partial charge in [-0.1, -0.05) is 25.1 Å². The van der Waals surface area contributed by atoms with Crippen molar-refractivity contribution in [3.63, 3.8) is 0 Å². The molecule has 0 saturated heterocycles. The Morgan fingerprint density at radius 1 is 1.05 bits per heavy atom. The van der Waals surface area contributed by atoms with E-state index in [1.807, 2.05) is 30.3 Å². The number of nitrogen functional groups attached to an aromatic ring is 1. The van der Waals surface area contributed by atoms with Crippen LogP contribution in [0.4, 0.5) is 5.69 Å². The number of benzene rings is 1. The molecule has 0 heterocycles. The first-order valence-electron chi connectivity index (χ1n) is 6.80. The van der Waals surface area contributed by atoms with Gasteiger partial charge in [0, 0.05) is 33.1 Å². The molecule has 0 aliphatic heterocycles. The third-order valence-electron chi connectivity index (χ3n) is 2.82. The van der Waals surface area contributed by atoms with Crippen LogP contribution < -0.4 is 11.1 Å². The van der Waals surface area contributed by atoms with Crippen molar-refractivity contribution < 1.29 is 13.3 Å². The van der Waals surface area contributed by atoms with Gasteiger partial charge in [-0.05, 0) is 31.6 Å². The van der Waals surface area contributed by atoms with Crippen molar-refractivity contribution in [3.8, 4) is 0 Å². The lowest BCUT2D eigenvalue weighted by molar-refractivity contribution is 0.123. The van der Waals surface area contributed by atoms with Gasteiger partial charge in [-0.25, -0.2) is 0 Å². The number of anilines is 1. The van der Waals surface area contributed by atoms with Crippen molar-refractivity contribution in [1.29, 1.82) is 0 Å². The number of para-hydroxylation sites is 1. The second-order valence-corrected chi connectivity index (χ2v) is 7.25. The molecule has 0 atom stereocenters. The van der Waals surface area contributed by atoms with Gasteiger partial charge in [0.15, 0.2) is 0 Å². The molecule has 1 aromatic carbocycles. The third-order valence-corrected chi connectivity index (χ3v) is 5.65. The second kappa shape index (κ2) is 11.9. The predicted molar refractivity (Wildman–Crippen MR) is 85.6 cm³/mol. The van der Waals surface area contributed by atoms with Gasteiger partial charge in [0.2, 0.25) is 0 Å². The van der Waals surface area contributed by atoms with Crippen LogP contribution in [0.15, 0.2) is 30.3 Å². The predicted octanol–water partition coefficient (Wildman–Crippen LogP) is 2.13. The number of hydrogen-bond donors (Lipinski definition) is 2. The average molecular weight is 300 g/mol. The van der Waals surface area contributed by atoms with Gasteiger partial charge in [0.25, 0.3) is 0 Å². The fraction of sp³-hybridized carbons (Fsp3) is 0.571. The highest BCUT2D eigenvalue weighted by Crippen LogP contribution is 2.14. The third kappa shape index (κ3) is 8.29. The van der Waals surface area contributed by atoms with E-state index < -0.39 is 8.80 Å². The molecule has 0 unspecified atom stereocenters. The van der Waals surface area contributed by atoms with Crippen LogP contribution in [-0.4, -0.2) is 43.2 Å². The fourth-order valence-electron chi connectivity index (χ4n) is 1.62. The highest BCUT2D eigenvalue weighted by atomic mass is 28.4. The summed E-state index contributed by atoms with van der Waals surface area (Å²) in [6, 6.07) is 10.4. The Balaban J connectivity index is 0.000000428. The van der Waals surface area contributed by atoms with Crippen LogP contribution in [0.2, 0.25) is 6.04 Å². The summed E-state index contributed by atoms with van der Waals surface area (Å²) < 4.78 is 15.8. The van der Waals surface area contributed by atoms with Gasteiger partial charge in [0.05, 0.1) is 0 Å². The van der Waals surface area contributed by atoms with Crippen LogP contribution in [0.25, 0.3) is 0 Å². The molecule has 1 aromatic rings. The maximum atomic E-state index is 5.36. The minimum absolute atomic E-state index is 0.822. The summed E-state index contributed by atoms with van der Waals surface area (Å²) in [5.41, 5.74) is 6.18. The van der Waals surface area contributed by atoms with Gasteiger partial charge in [-0.3, -0.25) is 0 Å². The molecular formula is C14H28N2O3Si. The smallest absolute Gasteiger partial charge is 0.399 e. The van der Waals surface area contributed by atoms with Crippen LogP contribution in [-0.2, 0) is 13.3 Å². The number of hydrogen-bond acceptors (Lipinski definition) is 5. The molecule has 0 bridgehead atoms. The van der Waals surface area contributed by atoms with Crippen molar-refractivity contribution in [3.05, 3.63) is 30.3 Å². The summed E-state index contributed by atoms with van der Waals surface area (Å²) in [5.74, 6) is 0. The topological polar surface area (TPSA) is 65.7 Å². The lowest BCUT2D eigenvalue weighted by Crippen LogP contribution is -2.43. The van der Waals surface area contributed by atoms with Crippen LogP contribution in [0, 0.1) is 0 Å². The Hall–Kier alpha value is -0.923. The molecular weight excluding hydrogens is 272 g/mol. The maximum Gasteiger partial charge on any atom is 0.500 e. The summed E-state index contributed by atoms with van der Waals surface area (Å²) in [5, 5.41) is 3.25. The summed E-state index contributed by atoms with van der Waals surface area (Å²) >= 11 is 0. The van der Waals surface area contributed by atoms with Crippen LogP contribution in [0.3, 0.4) is 0 Å². The van der Waals surface area contributed by atoms with Gasteiger partial charge < -0.3 is 24.3 Å². The van der Waals surface area contributed by atoms with Crippen LogP contribution >= 0.6 is 0 Å². The summed E-state index contributed by atoms with van der Waals surface area (Å²) in [6.45, 7) is 4.08. The lowest BCUT2D eigenvalue weighted by Gasteiger charge is -2.24. The van der Waals surface area contributed by atoms with Crippen LogP contribution in [0.5, 0.6) is 0 Å². The minimum Gasteiger partial charge on any atom is -0.399 e. The van der Waals surface area contributed by atoms with Crippen molar-refractivity contribution >= 4 is 14.5 Å². The molecule has 5 nitrogen and oxygen atoms in total. The molecule has 0 fully saturated rings. The van der Waals surface area contributed by atoms with E-state index in [0.717, 1.165) is 31.2 Å². The second-order valence-electron chi connectivity index (χ2n) is 4.16. The Bertz CT molecular complexity index is 313.